The average Bonchev–Trinajstić information content (AvgIpc) is 2.42. The maximum absolute atomic E-state index is 11.4. The molecule has 0 spiro atoms. The zero-order valence-corrected chi connectivity index (χ0v) is 16.0. The molecule has 1 N–H and O–H groups in total. The zero-order valence-electron chi connectivity index (χ0n) is 13.4. The molecule has 0 aromatic carbocycles. The van der Waals surface area contributed by atoms with E-state index in [0.29, 0.717) is 6.42 Å². The summed E-state index contributed by atoms with van der Waals surface area (Å²) in [4.78, 5) is 11.4. The number of hydrogen-bond donors (Lipinski definition) is 1. The molecule has 0 aliphatic rings. The number of carbonyl (C=O) groups is 1. The maximum Gasteiger partial charge on any atom is 0.220 e. The Labute approximate surface area is 133 Å². The van der Waals surface area contributed by atoms with Crippen LogP contribution in [0.25, 0.3) is 0 Å². The quantitative estimate of drug-likeness (QED) is 0.308. The first-order valence-electron chi connectivity index (χ1n) is 7.41. The van der Waals surface area contributed by atoms with E-state index >= 15 is 0 Å². The number of carbonyl (C=O) groups excluding carboxylic acids is 1. The van der Waals surface area contributed by atoms with Crippen LogP contribution in [0.15, 0.2) is 0 Å². The van der Waals surface area contributed by atoms with Crippen LogP contribution in [0.3, 0.4) is 0 Å². The molecule has 20 heavy (non-hydrogen) atoms. The topological polar surface area (TPSA) is 38.3 Å². The predicted octanol–water partition coefficient (Wildman–Crippen LogP) is 4.29. The Hall–Kier alpha value is 0.560. The third kappa shape index (κ3) is 13.5. The van der Waals surface area contributed by atoms with Crippen molar-refractivity contribution in [3.63, 3.8) is 0 Å². The Bertz CT molecular complexity index is 253. The largest absolute Gasteiger partial charge is 0.356 e. The van der Waals surface area contributed by atoms with E-state index in [1.807, 2.05) is 6.26 Å². The number of unbranched alkanes of at least 4 members (excludes halogenated alkanes) is 3. The van der Waals surface area contributed by atoms with Crippen LogP contribution in [0.5, 0.6) is 0 Å². The maximum atomic E-state index is 11.4. The molecule has 0 bridgehead atoms. The van der Waals surface area contributed by atoms with Gasteiger partial charge in [0.1, 0.15) is 7.49 Å². The Kier molecular flexibility index (Phi) is 13.6. The highest BCUT2D eigenvalue weighted by Gasteiger charge is 2.22. The van der Waals surface area contributed by atoms with Gasteiger partial charge in [-0.3, -0.25) is 4.79 Å². The van der Waals surface area contributed by atoms with Crippen LogP contribution >= 0.6 is 29.1 Å². The molecule has 0 aliphatic heterocycles. The second-order valence-electron chi connectivity index (χ2n) is 5.23. The molecule has 0 aromatic rings. The number of rotatable bonds is 13. The lowest BCUT2D eigenvalue weighted by molar-refractivity contribution is -0.120. The molecule has 0 aliphatic carbocycles. The van der Waals surface area contributed by atoms with Gasteiger partial charge < -0.3 is 5.32 Å². The van der Waals surface area contributed by atoms with E-state index in [1.165, 1.54) is 12.8 Å². The molecule has 0 unspecified atom stereocenters. The number of hydrogen-bond acceptors (Lipinski definition) is 4. The van der Waals surface area contributed by atoms with Crippen molar-refractivity contribution in [1.82, 2.24) is 5.32 Å². The summed E-state index contributed by atoms with van der Waals surface area (Å²) in [7, 11) is 2.38. The van der Waals surface area contributed by atoms with Crippen molar-refractivity contribution in [2.24, 2.45) is 0 Å². The second kappa shape index (κ2) is 13.2. The summed E-state index contributed by atoms with van der Waals surface area (Å²) in [5, 5.41) is 2.98. The third-order valence-corrected chi connectivity index (χ3v) is 7.34. The summed E-state index contributed by atoms with van der Waals surface area (Å²) in [6.07, 6.45) is 8.42. The molecular weight excluding hydrogens is 309 g/mol. The van der Waals surface area contributed by atoms with Crippen LogP contribution in [-0.2, 0) is 9.32 Å². The fraction of sp³-hybridized carbons (Fsp3) is 0.929. The van der Waals surface area contributed by atoms with Crippen LogP contribution in [0, 0.1) is 0 Å². The van der Waals surface area contributed by atoms with Crippen molar-refractivity contribution >= 4 is 35.0 Å². The van der Waals surface area contributed by atoms with Gasteiger partial charge in [-0.05, 0) is 26.0 Å². The van der Waals surface area contributed by atoms with Crippen LogP contribution in [0.4, 0.5) is 0 Å². The summed E-state index contributed by atoms with van der Waals surface area (Å²) in [6.45, 7) is 8.41. The van der Waals surface area contributed by atoms with Crippen molar-refractivity contribution in [2.75, 3.05) is 44.7 Å². The minimum atomic E-state index is -1.07. The summed E-state index contributed by atoms with van der Waals surface area (Å²) >= 11 is 0. The van der Waals surface area contributed by atoms with Crippen molar-refractivity contribution in [1.29, 1.82) is 0 Å². The van der Waals surface area contributed by atoms with Crippen molar-refractivity contribution in [2.45, 2.75) is 39.0 Å². The predicted molar refractivity (Wildman–Crippen MR) is 97.3 cm³/mol. The fourth-order valence-corrected chi connectivity index (χ4v) is 3.51. The van der Waals surface area contributed by atoms with E-state index in [9.17, 15) is 4.79 Å². The van der Waals surface area contributed by atoms with E-state index in [1.54, 1.807) is 21.6 Å². The minimum Gasteiger partial charge on any atom is -0.356 e. The molecule has 1 amide bonds. The van der Waals surface area contributed by atoms with E-state index < -0.39 is 7.49 Å². The molecule has 0 radical (unpaired) electrons. The van der Waals surface area contributed by atoms with Crippen molar-refractivity contribution < 1.29 is 9.32 Å². The van der Waals surface area contributed by atoms with Gasteiger partial charge in [0.15, 0.2) is 0 Å². The molecule has 0 saturated heterocycles. The minimum absolute atomic E-state index is 0.185. The van der Waals surface area contributed by atoms with Crippen LogP contribution in [0.1, 0.15) is 39.0 Å². The third-order valence-electron chi connectivity index (χ3n) is 3.13. The molecular formula is C14H31NO2PS2+. The normalized spacial score (nSPS) is 11.6. The summed E-state index contributed by atoms with van der Waals surface area (Å²) in [5.74, 6) is 1.09. The zero-order chi connectivity index (χ0) is 15.3. The number of amides is 1. The summed E-state index contributed by atoms with van der Waals surface area (Å²) < 4.78 is 5.92. The van der Waals surface area contributed by atoms with Gasteiger partial charge >= 0.3 is 0 Å². The average molecular weight is 341 g/mol. The molecule has 0 rings (SSSR count). The molecule has 0 fully saturated rings. The first-order valence-corrected chi connectivity index (χ1v) is 12.9. The summed E-state index contributed by atoms with van der Waals surface area (Å²) in [6, 6.07) is 0. The second-order valence-corrected chi connectivity index (χ2v) is 11.9. The van der Waals surface area contributed by atoms with Gasteiger partial charge in [0.05, 0.1) is 26.1 Å². The number of nitrogens with one attached hydrogen (secondary N) is 1. The van der Waals surface area contributed by atoms with Gasteiger partial charge in [0.2, 0.25) is 5.91 Å². The van der Waals surface area contributed by atoms with Gasteiger partial charge in [-0.15, -0.1) is 0 Å². The highest BCUT2D eigenvalue weighted by Crippen LogP contribution is 2.51. The molecule has 3 nitrogen and oxygen atoms in total. The molecule has 0 heterocycles. The molecule has 0 atom stereocenters. The van der Waals surface area contributed by atoms with Crippen LogP contribution in [-0.4, -0.2) is 50.6 Å². The van der Waals surface area contributed by atoms with Gasteiger partial charge in [-0.2, -0.15) is 0 Å². The molecule has 120 valence electrons. The highest BCUT2D eigenvalue weighted by atomic mass is 33.1. The lowest BCUT2D eigenvalue weighted by Gasteiger charge is -2.14. The molecule has 0 aromatic heterocycles. The van der Waals surface area contributed by atoms with E-state index in [0.717, 1.165) is 37.9 Å². The van der Waals surface area contributed by atoms with Crippen LogP contribution in [0.2, 0.25) is 0 Å². The standard InChI is InChI=1S/C14H30NO2PS2/c1-5-18(2,3)17-12-9-7-6-8-11-15-14(16)10-13-20-19-4/h5-13H2,1-4H3/p+1. The van der Waals surface area contributed by atoms with Crippen molar-refractivity contribution in [3.05, 3.63) is 0 Å². The highest BCUT2D eigenvalue weighted by molar-refractivity contribution is 8.76. The first kappa shape index (κ1) is 20.6. The Morgan fingerprint density at radius 3 is 2.55 bits per heavy atom. The Morgan fingerprint density at radius 1 is 1.20 bits per heavy atom. The van der Waals surface area contributed by atoms with Gasteiger partial charge in [0, 0.05) is 18.7 Å². The monoisotopic (exact) mass is 340 g/mol. The lowest BCUT2D eigenvalue weighted by Crippen LogP contribution is -2.24. The van der Waals surface area contributed by atoms with E-state index in [2.05, 4.69) is 25.6 Å². The molecule has 0 saturated carbocycles. The molecule has 6 heteroatoms. The first-order chi connectivity index (χ1) is 9.52. The van der Waals surface area contributed by atoms with Gasteiger partial charge in [-0.1, -0.05) is 34.4 Å². The Morgan fingerprint density at radius 2 is 1.90 bits per heavy atom. The van der Waals surface area contributed by atoms with E-state index in [-0.39, 0.29) is 5.91 Å². The van der Waals surface area contributed by atoms with Gasteiger partial charge in [-0.25, -0.2) is 4.52 Å². The van der Waals surface area contributed by atoms with E-state index in [4.69, 9.17) is 4.52 Å². The lowest BCUT2D eigenvalue weighted by atomic mass is 10.2. The van der Waals surface area contributed by atoms with Crippen molar-refractivity contribution in [3.8, 4) is 0 Å². The smallest absolute Gasteiger partial charge is 0.220 e. The SMILES string of the molecule is CC[P+](C)(C)OCCCCCCNC(=O)CCSSC. The Balaban J connectivity index is 3.26. The van der Waals surface area contributed by atoms with Gasteiger partial charge in [0.25, 0.3) is 0 Å². The summed E-state index contributed by atoms with van der Waals surface area (Å²) in [5.41, 5.74) is 0. The van der Waals surface area contributed by atoms with Crippen LogP contribution < -0.4 is 5.32 Å². The fourth-order valence-electron chi connectivity index (χ4n) is 1.52.